The molecule has 0 unspecified atom stereocenters. The summed E-state index contributed by atoms with van der Waals surface area (Å²) < 4.78 is 0. The largest absolute Gasteiger partial charge is 0.355 e. The number of hydrogen-bond acceptors (Lipinski definition) is 6. The molecule has 0 aliphatic heterocycles. The second kappa shape index (κ2) is 7.94. The van der Waals surface area contributed by atoms with Gasteiger partial charge in [-0.3, -0.25) is 9.59 Å². The second-order valence-electron chi connectivity index (χ2n) is 6.22. The van der Waals surface area contributed by atoms with E-state index in [1.807, 2.05) is 11.4 Å². The van der Waals surface area contributed by atoms with Crippen molar-refractivity contribution in [1.82, 2.24) is 15.3 Å². The Morgan fingerprint density at radius 2 is 2.31 bits per heavy atom. The first-order chi connectivity index (χ1) is 12.7. The number of H-pyrrole nitrogens is 1. The molecule has 3 aromatic rings. The van der Waals surface area contributed by atoms with Crippen LogP contribution in [0.3, 0.4) is 0 Å². The average molecular weight is 406 g/mol. The first-order valence-electron chi connectivity index (χ1n) is 8.61. The number of carbonyl (C=O) groups excluding carboxylic acids is 1. The van der Waals surface area contributed by atoms with Crippen LogP contribution in [-0.2, 0) is 29.8 Å². The van der Waals surface area contributed by atoms with E-state index < -0.39 is 0 Å². The Bertz CT molecular complexity index is 976. The van der Waals surface area contributed by atoms with Gasteiger partial charge in [0.2, 0.25) is 5.91 Å². The van der Waals surface area contributed by atoms with Crippen LogP contribution in [0.25, 0.3) is 10.2 Å². The van der Waals surface area contributed by atoms with Gasteiger partial charge in [0.25, 0.3) is 5.56 Å². The molecule has 26 heavy (non-hydrogen) atoms. The van der Waals surface area contributed by atoms with Crippen molar-refractivity contribution in [2.24, 2.45) is 0 Å². The summed E-state index contributed by atoms with van der Waals surface area (Å²) >= 11 is 4.82. The van der Waals surface area contributed by atoms with Gasteiger partial charge in [0, 0.05) is 16.3 Å². The number of rotatable bonds is 7. The lowest BCUT2D eigenvalue weighted by Crippen LogP contribution is -2.27. The van der Waals surface area contributed by atoms with Crippen molar-refractivity contribution in [3.8, 4) is 0 Å². The van der Waals surface area contributed by atoms with Crippen LogP contribution in [0.2, 0.25) is 0 Å². The number of hydrogen-bond donors (Lipinski definition) is 2. The highest BCUT2D eigenvalue weighted by Crippen LogP contribution is 2.34. The Labute approximate surface area is 163 Å². The van der Waals surface area contributed by atoms with Crippen LogP contribution >= 0.6 is 34.4 Å². The number of nitrogens with one attached hydrogen (secondary N) is 2. The van der Waals surface area contributed by atoms with Crippen molar-refractivity contribution < 1.29 is 4.79 Å². The van der Waals surface area contributed by atoms with Gasteiger partial charge in [-0.2, -0.15) is 0 Å². The van der Waals surface area contributed by atoms with Crippen molar-refractivity contribution in [2.45, 2.75) is 31.4 Å². The fraction of sp³-hybridized carbons (Fsp3) is 0.389. The van der Waals surface area contributed by atoms with Gasteiger partial charge in [-0.15, -0.1) is 34.4 Å². The molecular weight excluding hydrogens is 386 g/mol. The van der Waals surface area contributed by atoms with E-state index in [-0.39, 0.29) is 11.5 Å². The summed E-state index contributed by atoms with van der Waals surface area (Å²) in [5.74, 6) is 1.57. The summed E-state index contributed by atoms with van der Waals surface area (Å²) in [6.45, 7) is 0.654. The fourth-order valence-electron chi connectivity index (χ4n) is 3.19. The highest BCUT2D eigenvalue weighted by Gasteiger charge is 2.21. The van der Waals surface area contributed by atoms with Gasteiger partial charge in [0.15, 0.2) is 0 Å². The van der Waals surface area contributed by atoms with Crippen molar-refractivity contribution >= 4 is 50.6 Å². The van der Waals surface area contributed by atoms with Crippen molar-refractivity contribution in [3.63, 3.8) is 0 Å². The smallest absolute Gasteiger partial charge is 0.259 e. The number of aryl methyl sites for hydroxylation is 2. The number of thioether (sulfide) groups is 1. The first-order valence-corrected chi connectivity index (χ1v) is 11.5. The predicted molar refractivity (Wildman–Crippen MR) is 109 cm³/mol. The van der Waals surface area contributed by atoms with E-state index in [4.69, 9.17) is 0 Å². The van der Waals surface area contributed by atoms with Gasteiger partial charge in [-0.1, -0.05) is 6.07 Å². The maximum atomic E-state index is 12.4. The number of nitrogens with zero attached hydrogens (tertiary/aromatic N) is 1. The van der Waals surface area contributed by atoms with Crippen LogP contribution in [0, 0.1) is 0 Å². The van der Waals surface area contributed by atoms with Crippen molar-refractivity contribution in [3.05, 3.63) is 49.0 Å². The van der Waals surface area contributed by atoms with Crippen LogP contribution in [0.4, 0.5) is 0 Å². The quantitative estimate of drug-likeness (QED) is 0.633. The maximum absolute atomic E-state index is 12.4. The lowest BCUT2D eigenvalue weighted by molar-refractivity contribution is -0.118. The fourth-order valence-corrected chi connectivity index (χ4v) is 5.90. The number of aromatic nitrogens is 2. The van der Waals surface area contributed by atoms with Crippen LogP contribution in [0.1, 0.15) is 27.6 Å². The molecule has 0 aromatic carbocycles. The van der Waals surface area contributed by atoms with Crippen LogP contribution < -0.4 is 10.9 Å². The van der Waals surface area contributed by atoms with E-state index in [2.05, 4.69) is 21.4 Å². The summed E-state index contributed by atoms with van der Waals surface area (Å²) in [7, 11) is 0. The van der Waals surface area contributed by atoms with Gasteiger partial charge < -0.3 is 10.3 Å². The average Bonchev–Trinajstić information content (AvgIpc) is 3.31. The Kier molecular flexibility index (Phi) is 5.42. The molecule has 1 amide bonds. The van der Waals surface area contributed by atoms with Gasteiger partial charge in [-0.25, -0.2) is 4.98 Å². The molecule has 0 spiro atoms. The van der Waals surface area contributed by atoms with Gasteiger partial charge in [0.05, 0.1) is 16.9 Å². The highest BCUT2D eigenvalue weighted by atomic mass is 32.2. The van der Waals surface area contributed by atoms with E-state index >= 15 is 0 Å². The number of amides is 1. The minimum atomic E-state index is -0.0367. The minimum absolute atomic E-state index is 0.0186. The molecule has 2 N–H and O–H groups in total. The van der Waals surface area contributed by atoms with Gasteiger partial charge >= 0.3 is 0 Å². The van der Waals surface area contributed by atoms with Crippen molar-refractivity contribution in [2.75, 3.05) is 12.3 Å². The third kappa shape index (κ3) is 3.87. The zero-order valence-corrected chi connectivity index (χ0v) is 16.6. The third-order valence-electron chi connectivity index (χ3n) is 4.37. The number of carbonyl (C=O) groups is 1. The zero-order chi connectivity index (χ0) is 17.9. The van der Waals surface area contributed by atoms with Crippen LogP contribution in [0.15, 0.2) is 22.3 Å². The molecule has 5 nitrogen and oxygen atoms in total. The van der Waals surface area contributed by atoms with E-state index in [1.165, 1.54) is 27.1 Å². The summed E-state index contributed by atoms with van der Waals surface area (Å²) in [5, 5.41) is 5.75. The molecule has 3 aromatic heterocycles. The maximum Gasteiger partial charge on any atom is 0.259 e. The molecule has 1 aliphatic rings. The van der Waals surface area contributed by atoms with Crippen LogP contribution in [-0.4, -0.2) is 28.2 Å². The third-order valence-corrected chi connectivity index (χ3v) is 7.44. The van der Waals surface area contributed by atoms with E-state index in [0.29, 0.717) is 23.9 Å². The Morgan fingerprint density at radius 3 is 3.15 bits per heavy atom. The Balaban J connectivity index is 1.29. The molecule has 1 aliphatic carbocycles. The molecule has 0 saturated carbocycles. The normalized spacial score (nSPS) is 13.2. The highest BCUT2D eigenvalue weighted by molar-refractivity contribution is 7.99. The topological polar surface area (TPSA) is 74.8 Å². The van der Waals surface area contributed by atoms with E-state index in [9.17, 15) is 9.59 Å². The van der Waals surface area contributed by atoms with Gasteiger partial charge in [-0.05, 0) is 42.7 Å². The standard InChI is InChI=1S/C18H19N3O2S3/c22-15(19-7-6-11-3-2-8-25-11)10-24-9-14-20-17(23)16-12-4-1-5-13(12)26-18(16)21-14/h2-3,8H,1,4-7,9-10H2,(H,19,22)(H,20,21,23). The number of aromatic amines is 1. The lowest BCUT2D eigenvalue weighted by Gasteiger charge is -2.04. The molecule has 3 heterocycles. The van der Waals surface area contributed by atoms with Crippen molar-refractivity contribution in [1.29, 1.82) is 0 Å². The predicted octanol–water partition coefficient (Wildman–Crippen LogP) is 3.13. The summed E-state index contributed by atoms with van der Waals surface area (Å²) in [5.41, 5.74) is 1.16. The zero-order valence-electron chi connectivity index (χ0n) is 14.2. The van der Waals surface area contributed by atoms with Gasteiger partial charge in [0.1, 0.15) is 10.7 Å². The number of fused-ring (bicyclic) bond motifs is 3. The summed E-state index contributed by atoms with van der Waals surface area (Å²) in [6, 6.07) is 4.09. The second-order valence-corrected chi connectivity index (χ2v) is 9.32. The summed E-state index contributed by atoms with van der Waals surface area (Å²) in [4.78, 5) is 35.2. The SMILES string of the molecule is O=C(CSCc1nc2sc3c(c2c(=O)[nH]1)CCC3)NCCc1cccs1. The molecule has 8 heteroatoms. The molecular formula is C18H19N3O2S3. The van der Waals surface area contributed by atoms with E-state index in [0.717, 1.165) is 35.9 Å². The monoisotopic (exact) mass is 405 g/mol. The molecule has 0 radical (unpaired) electrons. The molecule has 0 bridgehead atoms. The number of thiophene rings is 2. The molecule has 0 saturated heterocycles. The first kappa shape index (κ1) is 17.8. The molecule has 4 rings (SSSR count). The summed E-state index contributed by atoms with van der Waals surface area (Å²) in [6.07, 6.45) is 4.05. The van der Waals surface area contributed by atoms with Crippen LogP contribution in [0.5, 0.6) is 0 Å². The molecule has 0 fully saturated rings. The molecule has 136 valence electrons. The Morgan fingerprint density at radius 1 is 1.38 bits per heavy atom. The van der Waals surface area contributed by atoms with E-state index in [1.54, 1.807) is 22.7 Å². The molecule has 0 atom stereocenters. The minimum Gasteiger partial charge on any atom is -0.355 e. The Hall–Kier alpha value is -1.64. The lowest BCUT2D eigenvalue weighted by atomic mass is 10.2.